The zero-order chi connectivity index (χ0) is 15.5. The summed E-state index contributed by atoms with van der Waals surface area (Å²) in [6.45, 7) is 6.64. The quantitative estimate of drug-likeness (QED) is 0.716. The molecule has 0 aliphatic rings. The molecule has 0 aliphatic carbocycles. The fourth-order valence-electron chi connectivity index (χ4n) is 2.13. The van der Waals surface area contributed by atoms with Crippen molar-refractivity contribution in [3.05, 3.63) is 34.9 Å². The van der Waals surface area contributed by atoms with E-state index in [-0.39, 0.29) is 6.03 Å². The first-order valence-corrected chi connectivity index (χ1v) is 8.32. The molecule has 0 aliphatic heterocycles. The lowest BCUT2D eigenvalue weighted by Gasteiger charge is -2.22. The third-order valence-electron chi connectivity index (χ3n) is 3.43. The molecular weight excluding hydrogens is 284 g/mol. The van der Waals surface area contributed by atoms with Gasteiger partial charge in [0.1, 0.15) is 0 Å². The molecule has 1 rings (SSSR count). The highest BCUT2D eigenvalue weighted by Crippen LogP contribution is 2.10. The van der Waals surface area contributed by atoms with E-state index in [2.05, 4.69) is 19.2 Å². The number of nitrogens with one attached hydrogen (secondary N) is 1. The third-order valence-corrected chi connectivity index (χ3v) is 3.66. The molecular formula is C17H27ClN2O. The van der Waals surface area contributed by atoms with Gasteiger partial charge in [0, 0.05) is 24.7 Å². The van der Waals surface area contributed by atoms with Gasteiger partial charge in [0.05, 0.1) is 0 Å². The fraction of sp³-hybridized carbons (Fsp3) is 0.588. The zero-order valence-corrected chi connectivity index (χ0v) is 14.0. The lowest BCUT2D eigenvalue weighted by molar-refractivity contribution is 0.196. The van der Waals surface area contributed by atoms with Crippen molar-refractivity contribution in [2.24, 2.45) is 0 Å². The molecule has 0 aromatic heterocycles. The fourth-order valence-corrected chi connectivity index (χ4v) is 2.34. The van der Waals surface area contributed by atoms with E-state index < -0.39 is 0 Å². The van der Waals surface area contributed by atoms with E-state index in [0.717, 1.165) is 55.8 Å². The molecule has 21 heavy (non-hydrogen) atoms. The molecule has 3 nitrogen and oxygen atoms in total. The second-order valence-corrected chi connectivity index (χ2v) is 5.74. The first kappa shape index (κ1) is 17.8. The number of nitrogens with zero attached hydrogens (tertiary/aromatic N) is 1. The van der Waals surface area contributed by atoms with Crippen LogP contribution in [0.2, 0.25) is 5.02 Å². The van der Waals surface area contributed by atoms with Crippen LogP contribution in [0.1, 0.15) is 45.1 Å². The van der Waals surface area contributed by atoms with E-state index in [1.54, 1.807) is 0 Å². The van der Waals surface area contributed by atoms with Gasteiger partial charge in [-0.15, -0.1) is 0 Å². The number of rotatable bonds is 9. The largest absolute Gasteiger partial charge is 0.338 e. The summed E-state index contributed by atoms with van der Waals surface area (Å²) in [5.41, 5.74) is 1.15. The van der Waals surface area contributed by atoms with Crippen LogP contribution in [0.15, 0.2) is 24.3 Å². The molecule has 0 bridgehead atoms. The number of hydrogen-bond acceptors (Lipinski definition) is 1. The molecule has 118 valence electrons. The van der Waals surface area contributed by atoms with Crippen molar-refractivity contribution in [2.75, 3.05) is 19.6 Å². The second-order valence-electron chi connectivity index (χ2n) is 5.31. The van der Waals surface area contributed by atoms with Crippen molar-refractivity contribution in [3.63, 3.8) is 0 Å². The van der Waals surface area contributed by atoms with Gasteiger partial charge in [-0.25, -0.2) is 4.79 Å². The van der Waals surface area contributed by atoms with Crippen molar-refractivity contribution in [1.29, 1.82) is 0 Å². The Kier molecular flexibility index (Phi) is 8.91. The van der Waals surface area contributed by atoms with Crippen LogP contribution in [0, 0.1) is 0 Å². The molecule has 0 unspecified atom stereocenters. The van der Waals surface area contributed by atoms with Crippen molar-refractivity contribution < 1.29 is 4.79 Å². The Morgan fingerprint density at radius 1 is 1.19 bits per heavy atom. The van der Waals surface area contributed by atoms with Crippen LogP contribution in [0.5, 0.6) is 0 Å². The Labute approximate surface area is 133 Å². The number of carbonyl (C=O) groups excluding carboxylic acids is 1. The molecule has 1 aromatic rings. The van der Waals surface area contributed by atoms with E-state index >= 15 is 0 Å². The van der Waals surface area contributed by atoms with Gasteiger partial charge in [0.2, 0.25) is 0 Å². The lowest BCUT2D eigenvalue weighted by atomic mass is 10.1. The maximum absolute atomic E-state index is 12.2. The Morgan fingerprint density at radius 3 is 2.43 bits per heavy atom. The van der Waals surface area contributed by atoms with Gasteiger partial charge in [-0.3, -0.25) is 0 Å². The number of amides is 2. The van der Waals surface area contributed by atoms with Crippen LogP contribution < -0.4 is 5.32 Å². The molecule has 1 aromatic carbocycles. The van der Waals surface area contributed by atoms with Crippen LogP contribution in [-0.2, 0) is 6.42 Å². The van der Waals surface area contributed by atoms with Crippen LogP contribution in [0.25, 0.3) is 0 Å². The molecule has 0 heterocycles. The topological polar surface area (TPSA) is 32.3 Å². The monoisotopic (exact) mass is 310 g/mol. The molecule has 1 N–H and O–H groups in total. The predicted octanol–water partition coefficient (Wildman–Crippen LogP) is 4.49. The summed E-state index contributed by atoms with van der Waals surface area (Å²) in [6.07, 6.45) is 5.15. The highest BCUT2D eigenvalue weighted by molar-refractivity contribution is 6.30. The first-order chi connectivity index (χ1) is 10.2. The minimum atomic E-state index is 0.0546. The summed E-state index contributed by atoms with van der Waals surface area (Å²) in [4.78, 5) is 14.1. The summed E-state index contributed by atoms with van der Waals surface area (Å²) in [6, 6.07) is 7.83. The molecule has 0 fully saturated rings. The van der Waals surface area contributed by atoms with Crippen LogP contribution >= 0.6 is 11.6 Å². The van der Waals surface area contributed by atoms with Gasteiger partial charge in [0.25, 0.3) is 0 Å². The average Bonchev–Trinajstić information content (AvgIpc) is 2.47. The second kappa shape index (κ2) is 10.5. The lowest BCUT2D eigenvalue weighted by Crippen LogP contribution is -2.41. The van der Waals surface area contributed by atoms with Gasteiger partial charge < -0.3 is 10.2 Å². The minimum Gasteiger partial charge on any atom is -0.338 e. The number of hydrogen-bond donors (Lipinski definition) is 1. The minimum absolute atomic E-state index is 0.0546. The number of unbranched alkanes of at least 4 members (excludes halogenated alkanes) is 2. The van der Waals surface area contributed by atoms with Crippen LogP contribution in [0.3, 0.4) is 0 Å². The van der Waals surface area contributed by atoms with E-state index in [0.29, 0.717) is 6.54 Å². The van der Waals surface area contributed by atoms with Gasteiger partial charge in [-0.2, -0.15) is 0 Å². The third kappa shape index (κ3) is 7.37. The summed E-state index contributed by atoms with van der Waals surface area (Å²) in [7, 11) is 0. The number of urea groups is 1. The van der Waals surface area contributed by atoms with Gasteiger partial charge in [-0.05, 0) is 37.0 Å². The number of carbonyl (C=O) groups is 1. The van der Waals surface area contributed by atoms with Crippen molar-refractivity contribution in [3.8, 4) is 0 Å². The Hall–Kier alpha value is -1.22. The molecule has 0 saturated carbocycles. The highest BCUT2D eigenvalue weighted by atomic mass is 35.5. The maximum Gasteiger partial charge on any atom is 0.317 e. The van der Waals surface area contributed by atoms with Crippen molar-refractivity contribution in [1.82, 2.24) is 10.2 Å². The van der Waals surface area contributed by atoms with Crippen molar-refractivity contribution in [2.45, 2.75) is 46.0 Å². The Balaban J connectivity index is 2.37. The molecule has 4 heteroatoms. The van der Waals surface area contributed by atoms with Crippen molar-refractivity contribution >= 4 is 17.6 Å². The summed E-state index contributed by atoms with van der Waals surface area (Å²) in [5.74, 6) is 0. The standard InChI is InChI=1S/C17H27ClN2O/c1-3-5-12-20(13-6-4-2)17(21)19-11-10-15-8-7-9-16(18)14-15/h7-9,14H,3-6,10-13H2,1-2H3,(H,19,21). The predicted molar refractivity (Wildman–Crippen MR) is 89.9 cm³/mol. The van der Waals surface area contributed by atoms with E-state index in [4.69, 9.17) is 11.6 Å². The van der Waals surface area contributed by atoms with Gasteiger partial charge in [0.15, 0.2) is 0 Å². The van der Waals surface area contributed by atoms with E-state index in [9.17, 15) is 4.79 Å². The first-order valence-electron chi connectivity index (χ1n) is 7.94. The average molecular weight is 311 g/mol. The molecule has 0 spiro atoms. The smallest absolute Gasteiger partial charge is 0.317 e. The van der Waals surface area contributed by atoms with E-state index in [1.807, 2.05) is 29.2 Å². The molecule has 0 atom stereocenters. The van der Waals surface area contributed by atoms with Gasteiger partial charge in [-0.1, -0.05) is 50.4 Å². The zero-order valence-electron chi connectivity index (χ0n) is 13.2. The Bertz CT molecular complexity index is 415. The number of benzene rings is 1. The molecule has 2 amide bonds. The highest BCUT2D eigenvalue weighted by Gasteiger charge is 2.11. The summed E-state index contributed by atoms with van der Waals surface area (Å²) < 4.78 is 0. The van der Waals surface area contributed by atoms with Crippen LogP contribution in [0.4, 0.5) is 4.79 Å². The summed E-state index contributed by atoms with van der Waals surface area (Å²) in [5, 5.41) is 3.75. The Morgan fingerprint density at radius 2 is 1.86 bits per heavy atom. The normalized spacial score (nSPS) is 10.4. The van der Waals surface area contributed by atoms with Gasteiger partial charge >= 0.3 is 6.03 Å². The molecule has 0 saturated heterocycles. The maximum atomic E-state index is 12.2. The SMILES string of the molecule is CCCCN(CCCC)C(=O)NCCc1cccc(Cl)c1. The van der Waals surface area contributed by atoms with E-state index in [1.165, 1.54) is 0 Å². The summed E-state index contributed by atoms with van der Waals surface area (Å²) >= 11 is 5.96. The molecule has 0 radical (unpaired) electrons. The number of halogens is 1. The van der Waals surface area contributed by atoms with Crippen LogP contribution in [-0.4, -0.2) is 30.6 Å².